The highest BCUT2D eigenvalue weighted by atomic mass is 35.5. The number of aryl methyl sites for hydroxylation is 2. The molecule has 1 saturated heterocycles. The Morgan fingerprint density at radius 1 is 1.13 bits per heavy atom. The highest BCUT2D eigenvalue weighted by Crippen LogP contribution is 2.27. The van der Waals surface area contributed by atoms with Gasteiger partial charge in [-0.25, -0.2) is 0 Å². The van der Waals surface area contributed by atoms with E-state index in [0.717, 1.165) is 48.4 Å². The summed E-state index contributed by atoms with van der Waals surface area (Å²) in [5.41, 5.74) is 4.55. The lowest BCUT2D eigenvalue weighted by atomic mass is 9.91. The highest BCUT2D eigenvalue weighted by Gasteiger charge is 2.21. The summed E-state index contributed by atoms with van der Waals surface area (Å²) in [6, 6.07) is 14.5. The van der Waals surface area contributed by atoms with Crippen molar-refractivity contribution in [1.82, 2.24) is 9.47 Å². The third-order valence-electron chi connectivity index (χ3n) is 6.42. The van der Waals surface area contributed by atoms with E-state index in [1.165, 1.54) is 36.0 Å². The lowest BCUT2D eigenvalue weighted by Gasteiger charge is -2.33. The Balaban J connectivity index is 1.37. The second kappa shape index (κ2) is 9.36. The minimum atomic E-state index is 0.141. The van der Waals surface area contributed by atoms with Crippen molar-refractivity contribution in [1.29, 1.82) is 0 Å². The van der Waals surface area contributed by atoms with E-state index in [1.54, 1.807) is 6.92 Å². The zero-order chi connectivity index (χ0) is 21.1. The van der Waals surface area contributed by atoms with Crippen LogP contribution >= 0.6 is 11.6 Å². The Labute approximate surface area is 184 Å². The molecule has 3 aromatic rings. The van der Waals surface area contributed by atoms with Crippen LogP contribution in [-0.2, 0) is 13.0 Å². The highest BCUT2D eigenvalue weighted by molar-refractivity contribution is 6.31. The number of nitrogens with zero attached hydrogens (tertiary/aromatic N) is 2. The summed E-state index contributed by atoms with van der Waals surface area (Å²) in [6.45, 7) is 8.17. The van der Waals surface area contributed by atoms with E-state index >= 15 is 0 Å². The smallest absolute Gasteiger partial charge is 0.161 e. The van der Waals surface area contributed by atoms with Crippen molar-refractivity contribution >= 4 is 28.3 Å². The molecule has 0 bridgehead atoms. The topological polar surface area (TPSA) is 25.2 Å². The van der Waals surface area contributed by atoms with Gasteiger partial charge in [0.25, 0.3) is 0 Å². The summed E-state index contributed by atoms with van der Waals surface area (Å²) < 4.78 is 2.28. The first kappa shape index (κ1) is 21.1. The summed E-state index contributed by atoms with van der Waals surface area (Å²) in [5, 5.41) is 1.98. The van der Waals surface area contributed by atoms with Crippen molar-refractivity contribution < 1.29 is 4.79 Å². The van der Waals surface area contributed by atoms with Gasteiger partial charge in [0.15, 0.2) is 5.78 Å². The van der Waals surface area contributed by atoms with Crippen molar-refractivity contribution in [3.8, 4) is 0 Å². The van der Waals surface area contributed by atoms with Crippen LogP contribution in [0.3, 0.4) is 0 Å². The second-order valence-electron chi connectivity index (χ2n) is 8.72. The summed E-state index contributed by atoms with van der Waals surface area (Å²) in [6.07, 6.45) is 6.75. The number of benzene rings is 2. The predicted octanol–water partition coefficient (Wildman–Crippen LogP) is 6.15. The van der Waals surface area contributed by atoms with Crippen molar-refractivity contribution in [2.45, 2.75) is 46.1 Å². The standard InChI is InChI=1S/C26H31ClN2O/c1-19-8-5-11-23-24(20(2)30)18-29(26(19)23)15-7-14-28-13-6-9-21(17-28)16-22-10-3-4-12-25(22)27/h3-5,8,10-12,18,21H,6-7,9,13-17H2,1-2H3. The maximum absolute atomic E-state index is 12.1. The number of piperidine rings is 1. The predicted molar refractivity (Wildman–Crippen MR) is 126 cm³/mol. The molecule has 2 heterocycles. The average molecular weight is 423 g/mol. The molecule has 2 aromatic carbocycles. The molecule has 1 fully saturated rings. The first-order chi connectivity index (χ1) is 14.5. The van der Waals surface area contributed by atoms with Crippen molar-refractivity contribution in [3.05, 3.63) is 70.4 Å². The molecule has 0 spiro atoms. The SMILES string of the molecule is CC(=O)c1cn(CCCN2CCCC(Cc3ccccc3Cl)C2)c2c(C)cccc12. The van der Waals surface area contributed by atoms with E-state index in [9.17, 15) is 4.79 Å². The number of likely N-dealkylation sites (tertiary alicyclic amines) is 1. The van der Waals surface area contributed by atoms with Crippen LogP contribution in [0.4, 0.5) is 0 Å². The van der Waals surface area contributed by atoms with Crippen LogP contribution < -0.4 is 0 Å². The van der Waals surface area contributed by atoms with Crippen LogP contribution in [0, 0.1) is 12.8 Å². The van der Waals surface area contributed by atoms with E-state index < -0.39 is 0 Å². The van der Waals surface area contributed by atoms with Gasteiger partial charge in [0, 0.05) is 35.3 Å². The number of halogens is 1. The van der Waals surface area contributed by atoms with Crippen LogP contribution in [-0.4, -0.2) is 34.9 Å². The monoisotopic (exact) mass is 422 g/mol. The number of carbonyl (C=O) groups is 1. The number of fused-ring (bicyclic) bond motifs is 1. The van der Waals surface area contributed by atoms with E-state index in [2.05, 4.69) is 46.9 Å². The Morgan fingerprint density at radius 2 is 1.97 bits per heavy atom. The van der Waals surface area contributed by atoms with Crippen LogP contribution in [0.5, 0.6) is 0 Å². The van der Waals surface area contributed by atoms with Gasteiger partial charge in [-0.05, 0) is 75.7 Å². The van der Waals surface area contributed by atoms with Gasteiger partial charge in [-0.15, -0.1) is 0 Å². The molecule has 30 heavy (non-hydrogen) atoms. The molecule has 4 rings (SSSR count). The molecule has 158 valence electrons. The normalized spacial score (nSPS) is 17.5. The van der Waals surface area contributed by atoms with E-state index in [-0.39, 0.29) is 5.78 Å². The van der Waals surface area contributed by atoms with Crippen LogP contribution in [0.1, 0.15) is 47.7 Å². The Bertz CT molecular complexity index is 1040. The Kier molecular flexibility index (Phi) is 6.60. The minimum absolute atomic E-state index is 0.141. The van der Waals surface area contributed by atoms with E-state index in [0.29, 0.717) is 5.92 Å². The lowest BCUT2D eigenvalue weighted by molar-refractivity contribution is 0.101. The largest absolute Gasteiger partial charge is 0.346 e. The van der Waals surface area contributed by atoms with Crippen molar-refractivity contribution in [2.75, 3.05) is 19.6 Å². The third kappa shape index (κ3) is 4.63. The van der Waals surface area contributed by atoms with Crippen LogP contribution in [0.25, 0.3) is 10.9 Å². The molecule has 3 nitrogen and oxygen atoms in total. The molecule has 0 amide bonds. The molecule has 4 heteroatoms. The van der Waals surface area contributed by atoms with Gasteiger partial charge in [0.1, 0.15) is 0 Å². The van der Waals surface area contributed by atoms with Gasteiger partial charge < -0.3 is 9.47 Å². The van der Waals surface area contributed by atoms with Crippen LogP contribution in [0.15, 0.2) is 48.7 Å². The van der Waals surface area contributed by atoms with Crippen molar-refractivity contribution in [2.24, 2.45) is 5.92 Å². The number of rotatable bonds is 7. The number of Topliss-reactive ketones (excluding diaryl/α,β-unsaturated/α-hetero) is 1. The van der Waals surface area contributed by atoms with Gasteiger partial charge in [0.2, 0.25) is 0 Å². The van der Waals surface area contributed by atoms with Gasteiger partial charge in [-0.2, -0.15) is 0 Å². The number of aromatic nitrogens is 1. The van der Waals surface area contributed by atoms with Gasteiger partial charge in [0.05, 0.1) is 5.52 Å². The fourth-order valence-electron chi connectivity index (χ4n) is 4.96. The second-order valence-corrected chi connectivity index (χ2v) is 9.13. The van der Waals surface area contributed by atoms with Crippen molar-refractivity contribution in [3.63, 3.8) is 0 Å². The van der Waals surface area contributed by atoms with E-state index in [4.69, 9.17) is 11.6 Å². The Hall–Kier alpha value is -2.10. The maximum Gasteiger partial charge on any atom is 0.161 e. The summed E-state index contributed by atoms with van der Waals surface area (Å²) in [7, 11) is 0. The molecule has 1 unspecified atom stereocenters. The molecule has 0 radical (unpaired) electrons. The van der Waals surface area contributed by atoms with E-state index in [1.807, 2.05) is 18.2 Å². The number of para-hydroxylation sites is 1. The number of hydrogen-bond acceptors (Lipinski definition) is 2. The average Bonchev–Trinajstić information content (AvgIpc) is 3.10. The number of carbonyl (C=O) groups excluding carboxylic acids is 1. The third-order valence-corrected chi connectivity index (χ3v) is 6.79. The molecule has 1 aromatic heterocycles. The van der Waals surface area contributed by atoms with Gasteiger partial charge in [-0.3, -0.25) is 4.79 Å². The molecular weight excluding hydrogens is 392 g/mol. The summed E-state index contributed by atoms with van der Waals surface area (Å²) >= 11 is 6.38. The fraction of sp³-hybridized carbons (Fsp3) is 0.423. The zero-order valence-electron chi connectivity index (χ0n) is 18.0. The quantitative estimate of drug-likeness (QED) is 0.426. The minimum Gasteiger partial charge on any atom is -0.346 e. The molecule has 0 aliphatic carbocycles. The first-order valence-electron chi connectivity index (χ1n) is 11.1. The zero-order valence-corrected chi connectivity index (χ0v) is 18.8. The molecule has 1 aliphatic rings. The van der Waals surface area contributed by atoms with Crippen LogP contribution in [0.2, 0.25) is 5.02 Å². The lowest BCUT2D eigenvalue weighted by Crippen LogP contribution is -2.37. The van der Waals surface area contributed by atoms with Gasteiger partial charge >= 0.3 is 0 Å². The number of ketones is 1. The molecule has 0 N–H and O–H groups in total. The molecular formula is C26H31ClN2O. The van der Waals surface area contributed by atoms with Gasteiger partial charge in [-0.1, -0.05) is 48.0 Å². The summed E-state index contributed by atoms with van der Waals surface area (Å²) in [5.74, 6) is 0.820. The Morgan fingerprint density at radius 3 is 2.77 bits per heavy atom. The fourth-order valence-corrected chi connectivity index (χ4v) is 5.18. The molecule has 1 aliphatic heterocycles. The first-order valence-corrected chi connectivity index (χ1v) is 11.5. The molecule has 1 atom stereocenters. The molecule has 0 saturated carbocycles. The number of hydrogen-bond donors (Lipinski definition) is 0. The summed E-state index contributed by atoms with van der Waals surface area (Å²) in [4.78, 5) is 14.7. The maximum atomic E-state index is 12.1.